The van der Waals surface area contributed by atoms with Crippen molar-refractivity contribution in [1.82, 2.24) is 14.8 Å². The van der Waals surface area contributed by atoms with E-state index in [4.69, 9.17) is 5.73 Å². The molecule has 3 N–H and O–H groups in total. The molecule has 3 rings (SSSR count). The summed E-state index contributed by atoms with van der Waals surface area (Å²) in [5, 5.41) is 1.11. The van der Waals surface area contributed by atoms with Crippen molar-refractivity contribution >= 4 is 22.8 Å². The van der Waals surface area contributed by atoms with Gasteiger partial charge in [-0.25, -0.2) is 4.79 Å². The van der Waals surface area contributed by atoms with E-state index in [-0.39, 0.29) is 12.1 Å². The molecule has 0 radical (unpaired) electrons. The Bertz CT molecular complexity index is 809. The lowest BCUT2D eigenvalue weighted by molar-refractivity contribution is -0.123. The van der Waals surface area contributed by atoms with Crippen LogP contribution >= 0.6 is 0 Å². The van der Waals surface area contributed by atoms with Gasteiger partial charge in [0, 0.05) is 37.1 Å². The maximum absolute atomic E-state index is 12.9. The molecule has 1 unspecified atom stereocenters. The summed E-state index contributed by atoms with van der Waals surface area (Å²) in [6.45, 7) is 4.24. The number of para-hydroxylation sites is 1. The molecule has 1 aliphatic heterocycles. The fraction of sp³-hybridized carbons (Fsp3) is 0.474. The van der Waals surface area contributed by atoms with Crippen LogP contribution in [0.25, 0.3) is 10.9 Å². The maximum Gasteiger partial charge on any atom is 0.320 e. The van der Waals surface area contributed by atoms with Crippen molar-refractivity contribution in [1.29, 1.82) is 0 Å². The Labute approximate surface area is 148 Å². The molecule has 25 heavy (non-hydrogen) atoms. The van der Waals surface area contributed by atoms with Crippen molar-refractivity contribution in [2.45, 2.75) is 38.8 Å². The molecule has 0 aliphatic carbocycles. The van der Waals surface area contributed by atoms with E-state index in [0.29, 0.717) is 12.3 Å². The summed E-state index contributed by atoms with van der Waals surface area (Å²) < 4.78 is 0. The third kappa shape index (κ3) is 2.97. The van der Waals surface area contributed by atoms with Gasteiger partial charge in [0.15, 0.2) is 0 Å². The SMILES string of the molecule is CC(C)CC1c2[nH]c3ccccc3c2C[C@H](C(N)=O)N1C(=O)N(C)C. The third-order valence-electron chi connectivity index (χ3n) is 4.88. The van der Waals surface area contributed by atoms with E-state index in [9.17, 15) is 9.59 Å². The average Bonchev–Trinajstić information content (AvgIpc) is 2.92. The van der Waals surface area contributed by atoms with Crippen molar-refractivity contribution in [3.8, 4) is 0 Å². The molecule has 0 spiro atoms. The number of aromatic amines is 1. The van der Waals surface area contributed by atoms with Gasteiger partial charge in [0.2, 0.25) is 5.91 Å². The molecule has 3 amide bonds. The molecule has 1 aliphatic rings. The number of hydrogen-bond donors (Lipinski definition) is 2. The van der Waals surface area contributed by atoms with Crippen molar-refractivity contribution in [2.75, 3.05) is 14.1 Å². The van der Waals surface area contributed by atoms with Gasteiger partial charge in [-0.15, -0.1) is 0 Å². The second-order valence-electron chi connectivity index (χ2n) is 7.41. The molecular formula is C19H26N4O2. The topological polar surface area (TPSA) is 82.4 Å². The number of benzene rings is 1. The molecule has 1 aromatic carbocycles. The molecule has 2 aromatic rings. The highest BCUT2D eigenvalue weighted by Gasteiger charge is 2.42. The number of urea groups is 1. The Morgan fingerprint density at radius 3 is 2.60 bits per heavy atom. The largest absolute Gasteiger partial charge is 0.368 e. The second-order valence-corrected chi connectivity index (χ2v) is 7.41. The highest BCUT2D eigenvalue weighted by Crippen LogP contribution is 2.40. The van der Waals surface area contributed by atoms with Crippen molar-refractivity contribution in [3.05, 3.63) is 35.5 Å². The van der Waals surface area contributed by atoms with Gasteiger partial charge in [-0.3, -0.25) is 4.79 Å². The zero-order chi connectivity index (χ0) is 18.3. The van der Waals surface area contributed by atoms with E-state index >= 15 is 0 Å². The van der Waals surface area contributed by atoms with Gasteiger partial charge in [0.05, 0.1) is 6.04 Å². The van der Waals surface area contributed by atoms with Crippen LogP contribution in [-0.4, -0.2) is 46.9 Å². The van der Waals surface area contributed by atoms with E-state index < -0.39 is 11.9 Å². The first-order chi connectivity index (χ1) is 11.8. The minimum atomic E-state index is -0.634. The van der Waals surface area contributed by atoms with E-state index in [0.717, 1.165) is 28.6 Å². The molecule has 0 saturated carbocycles. The summed E-state index contributed by atoms with van der Waals surface area (Å²) in [6, 6.07) is 7.05. The zero-order valence-electron chi connectivity index (χ0n) is 15.2. The Hall–Kier alpha value is -2.50. The number of H-pyrrole nitrogens is 1. The van der Waals surface area contributed by atoms with E-state index in [1.165, 1.54) is 4.90 Å². The van der Waals surface area contributed by atoms with Crippen LogP contribution in [0.2, 0.25) is 0 Å². The molecule has 1 aromatic heterocycles. The summed E-state index contributed by atoms with van der Waals surface area (Å²) in [5.74, 6) is -0.0896. The van der Waals surface area contributed by atoms with E-state index in [2.05, 4.69) is 24.9 Å². The molecule has 0 fully saturated rings. The number of nitrogens with one attached hydrogen (secondary N) is 1. The number of rotatable bonds is 3. The molecular weight excluding hydrogens is 316 g/mol. The summed E-state index contributed by atoms with van der Waals surface area (Å²) in [5.41, 5.74) is 8.86. The molecule has 2 heterocycles. The lowest BCUT2D eigenvalue weighted by atomic mass is 9.87. The van der Waals surface area contributed by atoms with Crippen LogP contribution < -0.4 is 5.73 Å². The summed E-state index contributed by atoms with van der Waals surface area (Å²) in [6.07, 6.45) is 1.21. The maximum atomic E-state index is 12.9. The number of hydrogen-bond acceptors (Lipinski definition) is 2. The number of amides is 3. The van der Waals surface area contributed by atoms with Crippen molar-refractivity contribution in [2.24, 2.45) is 11.7 Å². The summed E-state index contributed by atoms with van der Waals surface area (Å²) >= 11 is 0. The number of nitrogens with zero attached hydrogens (tertiary/aromatic N) is 2. The Morgan fingerprint density at radius 2 is 2.00 bits per heavy atom. The number of carbonyl (C=O) groups excluding carboxylic acids is 2. The lowest BCUT2D eigenvalue weighted by Crippen LogP contribution is -2.56. The van der Waals surface area contributed by atoms with Crippen LogP contribution in [0.4, 0.5) is 4.79 Å². The quantitative estimate of drug-likeness (QED) is 0.899. The van der Waals surface area contributed by atoms with Gasteiger partial charge < -0.3 is 20.5 Å². The van der Waals surface area contributed by atoms with Gasteiger partial charge in [-0.2, -0.15) is 0 Å². The number of carbonyl (C=O) groups is 2. The van der Waals surface area contributed by atoms with Crippen LogP contribution in [0.3, 0.4) is 0 Å². The van der Waals surface area contributed by atoms with Gasteiger partial charge in [0.25, 0.3) is 0 Å². The highest BCUT2D eigenvalue weighted by molar-refractivity contribution is 5.91. The van der Waals surface area contributed by atoms with Gasteiger partial charge in [-0.1, -0.05) is 32.0 Å². The van der Waals surface area contributed by atoms with Crippen LogP contribution in [0.1, 0.15) is 37.6 Å². The third-order valence-corrected chi connectivity index (χ3v) is 4.88. The minimum absolute atomic E-state index is 0.182. The number of aromatic nitrogens is 1. The zero-order valence-corrected chi connectivity index (χ0v) is 15.2. The molecule has 0 bridgehead atoms. The number of primary amides is 1. The Balaban J connectivity index is 2.19. The Kier molecular flexibility index (Phi) is 4.45. The summed E-state index contributed by atoms with van der Waals surface area (Å²) in [4.78, 5) is 31.7. The van der Waals surface area contributed by atoms with Crippen LogP contribution in [0, 0.1) is 5.92 Å². The fourth-order valence-electron chi connectivity index (χ4n) is 3.79. The first kappa shape index (κ1) is 17.3. The minimum Gasteiger partial charge on any atom is -0.368 e. The monoisotopic (exact) mass is 342 g/mol. The summed E-state index contributed by atoms with van der Waals surface area (Å²) in [7, 11) is 3.40. The smallest absolute Gasteiger partial charge is 0.320 e. The number of nitrogens with two attached hydrogens (primary N) is 1. The lowest BCUT2D eigenvalue weighted by Gasteiger charge is -2.42. The predicted octanol–water partition coefficient (Wildman–Crippen LogP) is 2.65. The molecule has 2 atom stereocenters. The van der Waals surface area contributed by atoms with Crippen LogP contribution in [0.5, 0.6) is 0 Å². The van der Waals surface area contributed by atoms with Crippen LogP contribution in [0.15, 0.2) is 24.3 Å². The fourth-order valence-corrected chi connectivity index (χ4v) is 3.79. The van der Waals surface area contributed by atoms with E-state index in [1.807, 2.05) is 18.2 Å². The van der Waals surface area contributed by atoms with Gasteiger partial charge in [0.1, 0.15) is 6.04 Å². The van der Waals surface area contributed by atoms with Crippen molar-refractivity contribution in [3.63, 3.8) is 0 Å². The number of fused-ring (bicyclic) bond motifs is 3. The average molecular weight is 342 g/mol. The normalized spacial score (nSPS) is 20.0. The molecule has 0 saturated heterocycles. The molecule has 6 nitrogen and oxygen atoms in total. The van der Waals surface area contributed by atoms with Gasteiger partial charge in [-0.05, 0) is 24.0 Å². The predicted molar refractivity (Wildman–Crippen MR) is 98.1 cm³/mol. The first-order valence-corrected chi connectivity index (χ1v) is 8.69. The Morgan fingerprint density at radius 1 is 1.32 bits per heavy atom. The highest BCUT2D eigenvalue weighted by atomic mass is 16.2. The second kappa shape index (κ2) is 6.43. The van der Waals surface area contributed by atoms with Crippen molar-refractivity contribution < 1.29 is 9.59 Å². The first-order valence-electron chi connectivity index (χ1n) is 8.69. The molecule has 6 heteroatoms. The van der Waals surface area contributed by atoms with E-state index in [1.54, 1.807) is 19.0 Å². The van der Waals surface area contributed by atoms with Crippen LogP contribution in [-0.2, 0) is 11.2 Å². The molecule has 134 valence electrons. The van der Waals surface area contributed by atoms with Gasteiger partial charge >= 0.3 is 6.03 Å². The standard InChI is InChI=1S/C19H26N4O2/c1-11(2)9-15-17-13(12-7-5-6-8-14(12)21-17)10-16(18(20)24)23(15)19(25)22(3)4/h5-8,11,15-16,21H,9-10H2,1-4H3,(H2,20,24)/t15?,16-/m1/s1.